The minimum atomic E-state index is -0.445. The van der Waals surface area contributed by atoms with E-state index in [1.54, 1.807) is 6.07 Å². The molecule has 1 fully saturated rings. The largest absolute Gasteiger partial charge is 0.504 e. The molecule has 0 amide bonds. The highest BCUT2D eigenvalue weighted by Gasteiger charge is 2.22. The summed E-state index contributed by atoms with van der Waals surface area (Å²) >= 11 is 0. The minimum absolute atomic E-state index is 0.0125. The van der Waals surface area contributed by atoms with Crippen molar-refractivity contribution in [2.75, 3.05) is 7.11 Å². The maximum Gasteiger partial charge on any atom is 0.227 e. The quantitative estimate of drug-likeness (QED) is 0.901. The summed E-state index contributed by atoms with van der Waals surface area (Å²) in [6.45, 7) is 0. The Bertz CT molecular complexity index is 756. The highest BCUT2D eigenvalue weighted by molar-refractivity contribution is 5.67. The Balaban J connectivity index is 2.07. The molecule has 0 radical (unpaired) electrons. The summed E-state index contributed by atoms with van der Waals surface area (Å²) in [6, 6.07) is 5.96. The average molecular weight is 316 g/mol. The van der Waals surface area contributed by atoms with Gasteiger partial charge in [-0.1, -0.05) is 19.3 Å². The number of phenolic OH excluding ortho intramolecular Hbond substituents is 1. The third kappa shape index (κ3) is 3.04. The van der Waals surface area contributed by atoms with Gasteiger partial charge in [-0.25, -0.2) is 0 Å². The van der Waals surface area contributed by atoms with Crippen LogP contribution >= 0.6 is 0 Å². The summed E-state index contributed by atoms with van der Waals surface area (Å²) in [6.07, 6.45) is 5.44. The second kappa shape index (κ2) is 6.36. The molecule has 1 aliphatic carbocycles. The molecule has 1 aromatic heterocycles. The highest BCUT2D eigenvalue weighted by atomic mass is 16.5. The van der Waals surface area contributed by atoms with E-state index in [2.05, 4.69) is 0 Å². The van der Waals surface area contributed by atoms with Gasteiger partial charge in [0, 0.05) is 17.5 Å². The second-order valence-electron chi connectivity index (χ2n) is 5.91. The van der Waals surface area contributed by atoms with Crippen molar-refractivity contribution in [3.63, 3.8) is 0 Å². The molecule has 0 saturated heterocycles. The minimum Gasteiger partial charge on any atom is -0.504 e. The normalized spacial score (nSPS) is 15.5. The first-order chi connectivity index (χ1) is 11.1. The van der Waals surface area contributed by atoms with Crippen LogP contribution in [0.1, 0.15) is 43.8 Å². The summed E-state index contributed by atoms with van der Waals surface area (Å²) in [5.41, 5.74) is 0.0470. The lowest BCUT2D eigenvalue weighted by Gasteiger charge is -2.21. The van der Waals surface area contributed by atoms with Crippen LogP contribution in [-0.4, -0.2) is 17.3 Å². The Labute approximate surface area is 134 Å². The number of rotatable bonds is 3. The Morgan fingerprint density at radius 2 is 1.87 bits per heavy atom. The topological polar surface area (TPSA) is 79.9 Å². The number of methoxy groups -OCH3 is 1. The monoisotopic (exact) mass is 316 g/mol. The van der Waals surface area contributed by atoms with Crippen LogP contribution < -0.4 is 10.2 Å². The van der Waals surface area contributed by atoms with Gasteiger partial charge in [0.2, 0.25) is 11.2 Å². The molecule has 0 aliphatic heterocycles. The van der Waals surface area contributed by atoms with Crippen LogP contribution in [0.4, 0.5) is 0 Å². The fourth-order valence-electron chi connectivity index (χ4n) is 3.11. The van der Waals surface area contributed by atoms with E-state index in [0.29, 0.717) is 11.3 Å². The zero-order valence-electron chi connectivity index (χ0n) is 13.0. The van der Waals surface area contributed by atoms with E-state index in [4.69, 9.17) is 9.15 Å². The average Bonchev–Trinajstić information content (AvgIpc) is 2.58. The van der Waals surface area contributed by atoms with Crippen molar-refractivity contribution < 1.29 is 19.4 Å². The third-order valence-corrected chi connectivity index (χ3v) is 4.39. The molecule has 0 spiro atoms. The molecule has 5 heteroatoms. The third-order valence-electron chi connectivity index (χ3n) is 4.39. The maximum absolute atomic E-state index is 12.1. The fraction of sp³-hybridized carbons (Fsp3) is 0.389. The molecule has 2 N–H and O–H groups in total. The molecule has 0 bridgehead atoms. The van der Waals surface area contributed by atoms with E-state index in [0.717, 1.165) is 25.7 Å². The summed E-state index contributed by atoms with van der Waals surface area (Å²) in [5, 5.41) is 19.8. The van der Waals surface area contributed by atoms with E-state index >= 15 is 0 Å². The lowest BCUT2D eigenvalue weighted by atomic mass is 9.87. The Morgan fingerprint density at radius 3 is 2.57 bits per heavy atom. The molecule has 1 aliphatic rings. The second-order valence-corrected chi connectivity index (χ2v) is 5.91. The molecule has 1 aromatic carbocycles. The molecule has 0 unspecified atom stereocenters. The van der Waals surface area contributed by atoms with Crippen LogP contribution in [0.2, 0.25) is 0 Å². The lowest BCUT2D eigenvalue weighted by molar-refractivity contribution is 0.357. The van der Waals surface area contributed by atoms with Gasteiger partial charge in [-0.05, 0) is 31.0 Å². The Kier molecular flexibility index (Phi) is 4.28. The molecular formula is C18H20O5. The van der Waals surface area contributed by atoms with Crippen molar-refractivity contribution in [2.45, 2.75) is 38.0 Å². The van der Waals surface area contributed by atoms with E-state index in [1.807, 2.05) is 0 Å². The van der Waals surface area contributed by atoms with Gasteiger partial charge < -0.3 is 19.4 Å². The number of phenols is 1. The molecule has 23 heavy (non-hydrogen) atoms. The smallest absolute Gasteiger partial charge is 0.227 e. The van der Waals surface area contributed by atoms with Crippen LogP contribution in [0, 0.1) is 0 Å². The summed E-state index contributed by atoms with van der Waals surface area (Å²) < 4.78 is 10.9. The number of hydrogen-bond donors (Lipinski definition) is 2. The fourth-order valence-corrected chi connectivity index (χ4v) is 3.11. The Morgan fingerprint density at radius 1 is 1.13 bits per heavy atom. The number of ether oxygens (including phenoxy) is 1. The zero-order chi connectivity index (χ0) is 16.4. The van der Waals surface area contributed by atoms with E-state index in [1.165, 1.54) is 31.7 Å². The van der Waals surface area contributed by atoms with Crippen molar-refractivity contribution in [1.82, 2.24) is 0 Å². The zero-order valence-corrected chi connectivity index (χ0v) is 13.0. The van der Waals surface area contributed by atoms with E-state index < -0.39 is 11.2 Å². The molecule has 2 aromatic rings. The molecule has 3 rings (SSSR count). The van der Waals surface area contributed by atoms with Gasteiger partial charge in [-0.3, -0.25) is 4.79 Å². The maximum atomic E-state index is 12.1. The standard InChI is InChI=1S/C18H20O5/c1-22-16-9-12(7-8-13(16)19)18-17(21)14(20)10-15(23-18)11-5-3-2-4-6-11/h7-11,19,21H,2-6H2,1H3. The molecule has 122 valence electrons. The van der Waals surface area contributed by atoms with E-state index in [-0.39, 0.29) is 23.2 Å². The van der Waals surface area contributed by atoms with Crippen LogP contribution in [0.15, 0.2) is 33.5 Å². The first-order valence-electron chi connectivity index (χ1n) is 7.84. The van der Waals surface area contributed by atoms with Crippen LogP contribution in [0.5, 0.6) is 17.2 Å². The van der Waals surface area contributed by atoms with Crippen molar-refractivity contribution >= 4 is 0 Å². The molecule has 1 heterocycles. The first kappa shape index (κ1) is 15.5. The molecule has 1 saturated carbocycles. The number of hydrogen-bond acceptors (Lipinski definition) is 5. The number of aromatic hydroxyl groups is 2. The van der Waals surface area contributed by atoms with Crippen LogP contribution in [0.25, 0.3) is 11.3 Å². The van der Waals surface area contributed by atoms with Gasteiger partial charge in [0.1, 0.15) is 5.76 Å². The van der Waals surface area contributed by atoms with Crippen LogP contribution in [0.3, 0.4) is 0 Å². The predicted octanol–water partition coefficient (Wildman–Crippen LogP) is 3.77. The van der Waals surface area contributed by atoms with Gasteiger partial charge in [-0.2, -0.15) is 0 Å². The van der Waals surface area contributed by atoms with Crippen molar-refractivity contribution in [1.29, 1.82) is 0 Å². The predicted molar refractivity (Wildman–Crippen MR) is 86.1 cm³/mol. The van der Waals surface area contributed by atoms with Crippen molar-refractivity contribution in [3.05, 3.63) is 40.2 Å². The van der Waals surface area contributed by atoms with Gasteiger partial charge in [0.25, 0.3) is 0 Å². The lowest BCUT2D eigenvalue weighted by Crippen LogP contribution is -2.09. The molecular weight excluding hydrogens is 296 g/mol. The summed E-state index contributed by atoms with van der Waals surface area (Å²) in [7, 11) is 1.44. The van der Waals surface area contributed by atoms with Gasteiger partial charge in [0.15, 0.2) is 17.3 Å². The number of benzene rings is 1. The molecule has 5 nitrogen and oxygen atoms in total. The summed E-state index contributed by atoms with van der Waals surface area (Å²) in [4.78, 5) is 12.1. The van der Waals surface area contributed by atoms with Crippen LogP contribution in [-0.2, 0) is 0 Å². The van der Waals surface area contributed by atoms with E-state index in [9.17, 15) is 15.0 Å². The SMILES string of the molecule is COc1cc(-c2oc(C3CCCCC3)cc(=O)c2O)ccc1O. The van der Waals surface area contributed by atoms with Gasteiger partial charge >= 0.3 is 0 Å². The molecule has 0 atom stereocenters. The highest BCUT2D eigenvalue weighted by Crippen LogP contribution is 2.38. The Hall–Kier alpha value is -2.43. The first-order valence-corrected chi connectivity index (χ1v) is 7.84. The van der Waals surface area contributed by atoms with Gasteiger partial charge in [-0.15, -0.1) is 0 Å². The summed E-state index contributed by atoms with van der Waals surface area (Å²) in [5.74, 6) is 0.784. The van der Waals surface area contributed by atoms with Gasteiger partial charge in [0.05, 0.1) is 7.11 Å². The van der Waals surface area contributed by atoms with Crippen molar-refractivity contribution in [3.8, 4) is 28.6 Å². The van der Waals surface area contributed by atoms with Crippen molar-refractivity contribution in [2.24, 2.45) is 0 Å².